The van der Waals surface area contributed by atoms with Gasteiger partial charge >= 0.3 is 11.9 Å². The van der Waals surface area contributed by atoms with Crippen molar-refractivity contribution in [1.82, 2.24) is 0 Å². The van der Waals surface area contributed by atoms with Crippen LogP contribution in [0.3, 0.4) is 0 Å². The Hall–Kier alpha value is -3.57. The van der Waals surface area contributed by atoms with Crippen LogP contribution in [0.5, 0.6) is 11.5 Å². The second-order valence-corrected chi connectivity index (χ2v) is 9.17. The van der Waals surface area contributed by atoms with Gasteiger partial charge in [0.25, 0.3) is 10.1 Å². The Labute approximate surface area is 203 Å². The fourth-order valence-electron chi connectivity index (χ4n) is 2.73. The average molecular weight is 502 g/mol. The van der Waals surface area contributed by atoms with Gasteiger partial charge in [0.2, 0.25) is 0 Å². The Balaban J connectivity index is 0.000000784. The van der Waals surface area contributed by atoms with Gasteiger partial charge in [0.05, 0.1) is 23.5 Å². The van der Waals surface area contributed by atoms with E-state index in [1.54, 1.807) is 54.6 Å². The SMILES string of the molecule is CS(=O)(=O)O.Cc1ccc(C(=O)Oc2ccc(C(O)CN)cc2OC(=O)c2ccc(C)cc2)cc1. The summed E-state index contributed by atoms with van der Waals surface area (Å²) >= 11 is 0. The fourth-order valence-corrected chi connectivity index (χ4v) is 2.73. The lowest BCUT2D eigenvalue weighted by molar-refractivity contribution is 0.0681. The zero-order valence-electron chi connectivity index (χ0n) is 19.5. The van der Waals surface area contributed by atoms with Crippen molar-refractivity contribution < 1.29 is 37.1 Å². The maximum atomic E-state index is 12.6. The van der Waals surface area contributed by atoms with Gasteiger partial charge in [0, 0.05) is 6.54 Å². The van der Waals surface area contributed by atoms with Crippen LogP contribution in [0.25, 0.3) is 0 Å². The van der Waals surface area contributed by atoms with Gasteiger partial charge in [-0.3, -0.25) is 4.55 Å². The highest BCUT2D eigenvalue weighted by atomic mass is 32.2. The second kappa shape index (κ2) is 12.2. The van der Waals surface area contributed by atoms with Crippen molar-refractivity contribution in [2.75, 3.05) is 12.8 Å². The largest absolute Gasteiger partial charge is 0.419 e. The molecule has 0 heterocycles. The molecule has 0 aliphatic rings. The highest BCUT2D eigenvalue weighted by Gasteiger charge is 2.18. The van der Waals surface area contributed by atoms with Crippen LogP contribution in [0.2, 0.25) is 0 Å². The minimum atomic E-state index is -3.67. The molecule has 3 rings (SSSR count). The molecule has 0 aliphatic heterocycles. The third kappa shape index (κ3) is 9.30. The van der Waals surface area contributed by atoms with Gasteiger partial charge in [0.15, 0.2) is 11.5 Å². The first-order chi connectivity index (χ1) is 16.4. The molecule has 0 saturated carbocycles. The van der Waals surface area contributed by atoms with E-state index >= 15 is 0 Å². The van der Waals surface area contributed by atoms with Gasteiger partial charge < -0.3 is 20.3 Å². The molecule has 0 saturated heterocycles. The maximum Gasteiger partial charge on any atom is 0.343 e. The second-order valence-electron chi connectivity index (χ2n) is 7.70. The molecule has 0 fully saturated rings. The lowest BCUT2D eigenvalue weighted by atomic mass is 10.1. The van der Waals surface area contributed by atoms with Crippen LogP contribution in [-0.4, -0.2) is 42.8 Å². The van der Waals surface area contributed by atoms with Crippen molar-refractivity contribution >= 4 is 22.1 Å². The Bertz CT molecular complexity index is 1260. The summed E-state index contributed by atoms with van der Waals surface area (Å²) in [6.45, 7) is 3.82. The third-order valence-corrected chi connectivity index (χ3v) is 4.56. The minimum absolute atomic E-state index is 0.00610. The maximum absolute atomic E-state index is 12.6. The van der Waals surface area contributed by atoms with Crippen molar-refractivity contribution in [3.63, 3.8) is 0 Å². The van der Waals surface area contributed by atoms with Crippen molar-refractivity contribution in [2.45, 2.75) is 20.0 Å². The number of benzene rings is 3. The van der Waals surface area contributed by atoms with Crippen LogP contribution in [0.15, 0.2) is 66.7 Å². The highest BCUT2D eigenvalue weighted by Crippen LogP contribution is 2.32. The average Bonchev–Trinajstić information content (AvgIpc) is 2.79. The van der Waals surface area contributed by atoms with E-state index in [1.807, 2.05) is 13.8 Å². The lowest BCUT2D eigenvalue weighted by Crippen LogP contribution is -2.15. The third-order valence-electron chi connectivity index (χ3n) is 4.56. The molecule has 1 unspecified atom stereocenters. The number of rotatable bonds is 6. The zero-order chi connectivity index (χ0) is 26.2. The number of esters is 2. The summed E-state index contributed by atoms with van der Waals surface area (Å²) in [6, 6.07) is 18.3. The molecule has 3 aromatic carbocycles. The number of hydrogen-bond acceptors (Lipinski definition) is 8. The van der Waals surface area contributed by atoms with Gasteiger partial charge in [0.1, 0.15) is 0 Å². The molecule has 0 spiro atoms. The normalized spacial score (nSPS) is 11.6. The van der Waals surface area contributed by atoms with Gasteiger partial charge in [-0.25, -0.2) is 9.59 Å². The quantitative estimate of drug-likeness (QED) is 0.262. The summed E-state index contributed by atoms with van der Waals surface area (Å²) in [4.78, 5) is 25.1. The predicted molar refractivity (Wildman–Crippen MR) is 130 cm³/mol. The van der Waals surface area contributed by atoms with Crippen LogP contribution in [-0.2, 0) is 10.1 Å². The number of aliphatic hydroxyl groups is 1. The molecule has 0 aromatic heterocycles. The molecule has 0 radical (unpaired) electrons. The van der Waals surface area contributed by atoms with E-state index in [4.69, 9.17) is 19.8 Å². The van der Waals surface area contributed by atoms with E-state index in [0.29, 0.717) is 22.9 Å². The monoisotopic (exact) mass is 501 g/mol. The number of ether oxygens (including phenoxy) is 2. The number of carbonyl (C=O) groups is 2. The van der Waals surface area contributed by atoms with Gasteiger partial charge in [-0.05, 0) is 55.8 Å². The molecule has 10 heteroatoms. The Morgan fingerprint density at radius 2 is 1.23 bits per heavy atom. The number of aliphatic hydroxyl groups excluding tert-OH is 1. The molecule has 0 amide bonds. The molecule has 35 heavy (non-hydrogen) atoms. The summed E-state index contributed by atoms with van der Waals surface area (Å²) in [5.41, 5.74) is 8.70. The molecule has 186 valence electrons. The van der Waals surface area contributed by atoms with E-state index in [1.165, 1.54) is 12.1 Å². The lowest BCUT2D eigenvalue weighted by Gasteiger charge is -2.14. The molecule has 3 aromatic rings. The van der Waals surface area contributed by atoms with Gasteiger partial charge in [-0.1, -0.05) is 41.5 Å². The van der Waals surface area contributed by atoms with Crippen LogP contribution in [0.1, 0.15) is 43.5 Å². The summed E-state index contributed by atoms with van der Waals surface area (Å²) in [6.07, 6.45) is -0.226. The van der Waals surface area contributed by atoms with Crippen LogP contribution in [0.4, 0.5) is 0 Å². The van der Waals surface area contributed by atoms with Crippen LogP contribution in [0, 0.1) is 13.8 Å². The van der Waals surface area contributed by atoms with E-state index in [2.05, 4.69) is 0 Å². The first-order valence-electron chi connectivity index (χ1n) is 10.4. The standard InChI is InChI=1S/C24H23NO5.CH4O3S/c1-15-3-7-17(8-4-15)23(27)29-21-12-11-19(20(26)14-25)13-22(21)30-24(28)18-9-5-16(2)6-10-18;1-5(2,3)4/h3-13,20,26H,14,25H2,1-2H3;1H3,(H,2,3,4). The predicted octanol–water partition coefficient (Wildman–Crippen LogP) is 3.24. The summed E-state index contributed by atoms with van der Waals surface area (Å²) in [7, 11) is -3.67. The summed E-state index contributed by atoms with van der Waals surface area (Å²) in [5, 5.41) is 10.0. The van der Waals surface area contributed by atoms with Crippen LogP contribution >= 0.6 is 0 Å². The van der Waals surface area contributed by atoms with Gasteiger partial charge in [-0.15, -0.1) is 0 Å². The van der Waals surface area contributed by atoms with E-state index in [9.17, 15) is 23.1 Å². The topological polar surface area (TPSA) is 153 Å². The molecule has 9 nitrogen and oxygen atoms in total. The summed E-state index contributed by atoms with van der Waals surface area (Å²) < 4.78 is 36.8. The first kappa shape index (κ1) is 27.7. The van der Waals surface area contributed by atoms with Crippen molar-refractivity contribution in [3.05, 3.63) is 94.5 Å². The number of carbonyl (C=O) groups excluding carboxylic acids is 2. The first-order valence-corrected chi connectivity index (χ1v) is 12.2. The Morgan fingerprint density at radius 1 is 0.829 bits per heavy atom. The van der Waals surface area contributed by atoms with E-state index < -0.39 is 28.2 Å². The molecule has 4 N–H and O–H groups in total. The molecule has 1 atom stereocenters. The van der Waals surface area contributed by atoms with Crippen molar-refractivity contribution in [3.8, 4) is 11.5 Å². The number of aryl methyl sites for hydroxylation is 2. The van der Waals surface area contributed by atoms with Crippen molar-refractivity contribution in [1.29, 1.82) is 0 Å². The molecular formula is C25H27NO8S. The molecular weight excluding hydrogens is 474 g/mol. The van der Waals surface area contributed by atoms with E-state index in [-0.39, 0.29) is 18.0 Å². The highest BCUT2D eigenvalue weighted by molar-refractivity contribution is 7.85. The van der Waals surface area contributed by atoms with Crippen molar-refractivity contribution in [2.24, 2.45) is 5.73 Å². The van der Waals surface area contributed by atoms with E-state index in [0.717, 1.165) is 11.1 Å². The minimum Gasteiger partial charge on any atom is -0.419 e. The Kier molecular flexibility index (Phi) is 9.67. The smallest absolute Gasteiger partial charge is 0.343 e. The zero-order valence-corrected chi connectivity index (χ0v) is 20.3. The summed E-state index contributed by atoms with van der Waals surface area (Å²) in [5.74, 6) is -1.11. The van der Waals surface area contributed by atoms with Gasteiger partial charge in [-0.2, -0.15) is 8.42 Å². The van der Waals surface area contributed by atoms with Crippen LogP contribution < -0.4 is 15.2 Å². The molecule has 0 bridgehead atoms. The Morgan fingerprint density at radius 3 is 1.63 bits per heavy atom. The fraction of sp³-hybridized carbons (Fsp3) is 0.200. The molecule has 0 aliphatic carbocycles. The number of nitrogens with two attached hydrogens (primary N) is 1. The number of hydrogen-bond donors (Lipinski definition) is 3.